The van der Waals surface area contributed by atoms with E-state index < -0.39 is 0 Å². The Hall–Kier alpha value is -2.25. The molecule has 2 rings (SSSR count). The zero-order valence-electron chi connectivity index (χ0n) is 12.5. The summed E-state index contributed by atoms with van der Waals surface area (Å²) in [4.78, 5) is 4.39. The highest BCUT2D eigenvalue weighted by Gasteiger charge is 2.08. The van der Waals surface area contributed by atoms with Gasteiger partial charge >= 0.3 is 0 Å². The molecule has 0 fully saturated rings. The van der Waals surface area contributed by atoms with Crippen molar-refractivity contribution < 1.29 is 9.84 Å². The standard InChI is InChI=1S/C17H20N2O2/c1-3-5-17-18-9-10-19(17)13-15-12-14(6-4-11-20)7-8-16(15)21-2/h7-10,12,20H,3,5,11,13H2,1-2H3. The van der Waals surface area contributed by atoms with Crippen LogP contribution >= 0.6 is 0 Å². The maximum absolute atomic E-state index is 8.79. The number of rotatable bonds is 5. The van der Waals surface area contributed by atoms with E-state index in [9.17, 15) is 0 Å². The smallest absolute Gasteiger partial charge is 0.123 e. The van der Waals surface area contributed by atoms with Crippen LogP contribution in [0.3, 0.4) is 0 Å². The van der Waals surface area contributed by atoms with Gasteiger partial charge in [-0.15, -0.1) is 0 Å². The summed E-state index contributed by atoms with van der Waals surface area (Å²) in [5.41, 5.74) is 1.93. The van der Waals surface area contributed by atoms with Crippen LogP contribution in [0.5, 0.6) is 5.75 Å². The number of imidazole rings is 1. The zero-order valence-corrected chi connectivity index (χ0v) is 12.5. The van der Waals surface area contributed by atoms with Crippen LogP contribution in [-0.2, 0) is 13.0 Å². The molecule has 0 aliphatic rings. The number of hydrogen-bond donors (Lipinski definition) is 1. The monoisotopic (exact) mass is 284 g/mol. The molecule has 4 nitrogen and oxygen atoms in total. The molecule has 0 saturated heterocycles. The molecule has 1 heterocycles. The molecule has 0 amide bonds. The lowest BCUT2D eigenvalue weighted by atomic mass is 10.1. The highest BCUT2D eigenvalue weighted by atomic mass is 16.5. The van der Waals surface area contributed by atoms with Crippen molar-refractivity contribution in [1.29, 1.82) is 0 Å². The van der Waals surface area contributed by atoms with E-state index in [-0.39, 0.29) is 6.61 Å². The molecule has 21 heavy (non-hydrogen) atoms. The number of nitrogens with zero attached hydrogens (tertiary/aromatic N) is 2. The number of hydrogen-bond acceptors (Lipinski definition) is 3. The third-order valence-electron chi connectivity index (χ3n) is 3.21. The van der Waals surface area contributed by atoms with Gasteiger partial charge in [0, 0.05) is 29.9 Å². The molecule has 1 aromatic carbocycles. The molecule has 1 N–H and O–H groups in total. The van der Waals surface area contributed by atoms with Crippen LogP contribution in [0.2, 0.25) is 0 Å². The molecule has 0 aliphatic heterocycles. The van der Waals surface area contributed by atoms with Gasteiger partial charge in [0.1, 0.15) is 18.2 Å². The van der Waals surface area contributed by atoms with E-state index in [0.29, 0.717) is 6.54 Å². The van der Waals surface area contributed by atoms with E-state index in [1.807, 2.05) is 30.6 Å². The van der Waals surface area contributed by atoms with Crippen molar-refractivity contribution in [1.82, 2.24) is 9.55 Å². The second kappa shape index (κ2) is 7.51. The van der Waals surface area contributed by atoms with E-state index in [4.69, 9.17) is 9.84 Å². The Bertz CT molecular complexity index is 650. The molecule has 110 valence electrons. The number of ether oxygens (including phenoxy) is 1. The third-order valence-corrected chi connectivity index (χ3v) is 3.21. The first kappa shape index (κ1) is 15.1. The number of methoxy groups -OCH3 is 1. The summed E-state index contributed by atoms with van der Waals surface area (Å²) in [6, 6.07) is 5.80. The van der Waals surface area contributed by atoms with Gasteiger partial charge in [0.2, 0.25) is 0 Å². The van der Waals surface area contributed by atoms with Gasteiger partial charge in [0.25, 0.3) is 0 Å². The first-order valence-electron chi connectivity index (χ1n) is 7.05. The lowest BCUT2D eigenvalue weighted by Gasteiger charge is -2.12. The van der Waals surface area contributed by atoms with Gasteiger partial charge in [-0.1, -0.05) is 18.8 Å². The minimum Gasteiger partial charge on any atom is -0.496 e. The summed E-state index contributed by atoms with van der Waals surface area (Å²) >= 11 is 0. The fourth-order valence-corrected chi connectivity index (χ4v) is 2.24. The molecular weight excluding hydrogens is 264 g/mol. The summed E-state index contributed by atoms with van der Waals surface area (Å²) in [6.07, 6.45) is 5.83. The van der Waals surface area contributed by atoms with Crippen molar-refractivity contribution in [3.05, 3.63) is 47.5 Å². The average Bonchev–Trinajstić information content (AvgIpc) is 2.93. The topological polar surface area (TPSA) is 47.3 Å². The SMILES string of the molecule is CCCc1nccn1Cc1cc(C#CCO)ccc1OC. The molecule has 2 aromatic rings. The Kier molecular flexibility index (Phi) is 5.42. The predicted octanol–water partition coefficient (Wildman–Crippen LogP) is 2.24. The Balaban J connectivity index is 2.30. The minimum atomic E-state index is -0.135. The fraction of sp³-hybridized carbons (Fsp3) is 0.353. The van der Waals surface area contributed by atoms with Crippen LogP contribution in [0.1, 0.15) is 30.3 Å². The van der Waals surface area contributed by atoms with Crippen LogP contribution in [0.15, 0.2) is 30.6 Å². The summed E-state index contributed by atoms with van der Waals surface area (Å²) < 4.78 is 7.55. The summed E-state index contributed by atoms with van der Waals surface area (Å²) in [5, 5.41) is 8.79. The molecule has 0 aliphatic carbocycles. The average molecular weight is 284 g/mol. The zero-order chi connectivity index (χ0) is 15.1. The van der Waals surface area contributed by atoms with Crippen LogP contribution in [-0.4, -0.2) is 28.4 Å². The van der Waals surface area contributed by atoms with Crippen LogP contribution in [0.4, 0.5) is 0 Å². The maximum Gasteiger partial charge on any atom is 0.123 e. The first-order valence-corrected chi connectivity index (χ1v) is 7.05. The van der Waals surface area contributed by atoms with Crippen molar-refractivity contribution in [2.45, 2.75) is 26.3 Å². The lowest BCUT2D eigenvalue weighted by Crippen LogP contribution is -2.06. The van der Waals surface area contributed by atoms with E-state index in [1.54, 1.807) is 7.11 Å². The van der Waals surface area contributed by atoms with Gasteiger partial charge in [-0.25, -0.2) is 4.98 Å². The summed E-state index contributed by atoms with van der Waals surface area (Å²) in [7, 11) is 1.67. The van der Waals surface area contributed by atoms with Crippen molar-refractivity contribution in [2.75, 3.05) is 13.7 Å². The van der Waals surface area contributed by atoms with Crippen molar-refractivity contribution >= 4 is 0 Å². The van der Waals surface area contributed by atoms with Gasteiger partial charge in [-0.05, 0) is 24.6 Å². The van der Waals surface area contributed by atoms with E-state index in [1.165, 1.54) is 0 Å². The molecule has 0 spiro atoms. The second-order valence-electron chi connectivity index (χ2n) is 4.71. The van der Waals surface area contributed by atoms with Gasteiger partial charge in [-0.3, -0.25) is 0 Å². The molecule has 1 aromatic heterocycles. The quantitative estimate of drug-likeness (QED) is 0.857. The van der Waals surface area contributed by atoms with E-state index in [0.717, 1.165) is 35.5 Å². The first-order chi connectivity index (χ1) is 10.3. The fourth-order valence-electron chi connectivity index (χ4n) is 2.24. The predicted molar refractivity (Wildman–Crippen MR) is 82.3 cm³/mol. The Morgan fingerprint density at radius 3 is 2.95 bits per heavy atom. The molecule has 0 atom stereocenters. The molecule has 0 saturated carbocycles. The number of aliphatic hydroxyl groups excluding tert-OH is 1. The van der Waals surface area contributed by atoms with Crippen molar-refractivity contribution in [3.8, 4) is 17.6 Å². The number of aryl methyl sites for hydroxylation is 1. The van der Waals surface area contributed by atoms with Crippen LogP contribution < -0.4 is 4.74 Å². The van der Waals surface area contributed by atoms with Crippen molar-refractivity contribution in [3.63, 3.8) is 0 Å². The third kappa shape index (κ3) is 3.87. The summed E-state index contributed by atoms with van der Waals surface area (Å²) in [5.74, 6) is 7.50. The van der Waals surface area contributed by atoms with Crippen LogP contribution in [0.25, 0.3) is 0 Å². The Morgan fingerprint density at radius 1 is 1.38 bits per heavy atom. The van der Waals surface area contributed by atoms with Gasteiger partial charge in [-0.2, -0.15) is 0 Å². The maximum atomic E-state index is 8.79. The number of aliphatic hydroxyl groups is 1. The molecule has 0 radical (unpaired) electrons. The number of benzene rings is 1. The van der Waals surface area contributed by atoms with E-state index >= 15 is 0 Å². The van der Waals surface area contributed by atoms with Gasteiger partial charge in [0.15, 0.2) is 0 Å². The minimum absolute atomic E-state index is 0.135. The summed E-state index contributed by atoms with van der Waals surface area (Å²) in [6.45, 7) is 2.71. The van der Waals surface area contributed by atoms with Gasteiger partial charge in [0.05, 0.1) is 13.7 Å². The molecule has 0 unspecified atom stereocenters. The highest BCUT2D eigenvalue weighted by Crippen LogP contribution is 2.21. The normalized spacial score (nSPS) is 10.0. The Morgan fingerprint density at radius 2 is 2.24 bits per heavy atom. The van der Waals surface area contributed by atoms with Gasteiger partial charge < -0.3 is 14.4 Å². The van der Waals surface area contributed by atoms with Crippen LogP contribution in [0, 0.1) is 11.8 Å². The van der Waals surface area contributed by atoms with Crippen molar-refractivity contribution in [2.24, 2.45) is 0 Å². The Labute approximate surface area is 125 Å². The largest absolute Gasteiger partial charge is 0.496 e. The molecular formula is C17H20N2O2. The molecule has 0 bridgehead atoms. The number of aromatic nitrogens is 2. The van der Waals surface area contributed by atoms with E-state index in [2.05, 4.69) is 28.3 Å². The molecule has 4 heteroatoms. The lowest BCUT2D eigenvalue weighted by molar-refractivity contribution is 0.350. The second-order valence-corrected chi connectivity index (χ2v) is 4.71. The highest BCUT2D eigenvalue weighted by molar-refractivity contribution is 5.44.